The van der Waals surface area contributed by atoms with Crippen LogP contribution in [-0.4, -0.2) is 29.9 Å². The van der Waals surface area contributed by atoms with Gasteiger partial charge >= 0.3 is 0 Å². The molecule has 24 heavy (non-hydrogen) atoms. The Morgan fingerprint density at radius 1 is 1.17 bits per heavy atom. The second kappa shape index (κ2) is 6.21. The lowest BCUT2D eigenvalue weighted by Gasteiger charge is -2.38. The fourth-order valence-electron chi connectivity index (χ4n) is 4.25. The van der Waals surface area contributed by atoms with Gasteiger partial charge in [0.15, 0.2) is 0 Å². The number of likely N-dealkylation sites (tertiary alicyclic amines) is 1. The van der Waals surface area contributed by atoms with Crippen molar-refractivity contribution in [2.24, 2.45) is 17.6 Å². The fourth-order valence-corrected chi connectivity index (χ4v) is 4.25. The van der Waals surface area contributed by atoms with E-state index in [1.165, 1.54) is 16.3 Å². The van der Waals surface area contributed by atoms with Crippen LogP contribution in [0.2, 0.25) is 0 Å². The second-order valence-electron chi connectivity index (χ2n) is 7.61. The molecule has 4 rings (SSSR count). The average molecular weight is 322 g/mol. The van der Waals surface area contributed by atoms with E-state index in [2.05, 4.69) is 54.3 Å². The zero-order valence-electron chi connectivity index (χ0n) is 14.3. The summed E-state index contributed by atoms with van der Waals surface area (Å²) in [4.78, 5) is 15.0. The van der Waals surface area contributed by atoms with Gasteiger partial charge in [0.25, 0.3) is 0 Å². The van der Waals surface area contributed by atoms with E-state index >= 15 is 0 Å². The first-order valence-electron chi connectivity index (χ1n) is 9.16. The number of nitrogens with two attached hydrogens (primary N) is 1. The molecule has 4 unspecified atom stereocenters. The molecule has 1 saturated heterocycles. The van der Waals surface area contributed by atoms with Crippen LogP contribution in [0.3, 0.4) is 0 Å². The predicted octanol–water partition coefficient (Wildman–Crippen LogP) is 3.53. The Hall–Kier alpha value is -1.87. The van der Waals surface area contributed by atoms with Crippen LogP contribution < -0.4 is 5.73 Å². The minimum Gasteiger partial charge on any atom is -0.338 e. The van der Waals surface area contributed by atoms with Gasteiger partial charge in [-0.25, -0.2) is 0 Å². The van der Waals surface area contributed by atoms with E-state index in [0.717, 1.165) is 25.8 Å². The Morgan fingerprint density at radius 2 is 1.96 bits per heavy atom. The molecule has 0 bridgehead atoms. The van der Waals surface area contributed by atoms with E-state index < -0.39 is 0 Å². The van der Waals surface area contributed by atoms with Crippen LogP contribution >= 0.6 is 0 Å². The van der Waals surface area contributed by atoms with Crippen molar-refractivity contribution in [3.8, 4) is 0 Å². The summed E-state index contributed by atoms with van der Waals surface area (Å²) in [6, 6.07) is 15.3. The molecular weight excluding hydrogens is 296 g/mol. The highest BCUT2D eigenvalue weighted by molar-refractivity contribution is 5.86. The lowest BCUT2D eigenvalue weighted by molar-refractivity contribution is -0.136. The summed E-state index contributed by atoms with van der Waals surface area (Å²) in [5.74, 6) is 1.56. The van der Waals surface area contributed by atoms with Crippen molar-refractivity contribution >= 4 is 16.7 Å². The Labute approximate surface area is 143 Å². The summed E-state index contributed by atoms with van der Waals surface area (Å²) in [5.41, 5.74) is 7.24. The maximum atomic E-state index is 13.0. The molecule has 3 nitrogen and oxygen atoms in total. The van der Waals surface area contributed by atoms with Gasteiger partial charge < -0.3 is 10.6 Å². The second-order valence-corrected chi connectivity index (χ2v) is 7.61. The molecular formula is C21H26N2O. The minimum absolute atomic E-state index is 0.161. The van der Waals surface area contributed by atoms with Crippen molar-refractivity contribution in [1.82, 2.24) is 4.90 Å². The van der Waals surface area contributed by atoms with Gasteiger partial charge in [0.2, 0.25) is 5.91 Å². The van der Waals surface area contributed by atoms with Crippen molar-refractivity contribution in [2.75, 3.05) is 13.1 Å². The molecule has 1 aliphatic heterocycles. The highest BCUT2D eigenvalue weighted by Crippen LogP contribution is 2.49. The van der Waals surface area contributed by atoms with E-state index in [0.29, 0.717) is 24.3 Å². The van der Waals surface area contributed by atoms with Gasteiger partial charge in [-0.15, -0.1) is 0 Å². The predicted molar refractivity (Wildman–Crippen MR) is 97.7 cm³/mol. The Bertz CT molecular complexity index is 756. The van der Waals surface area contributed by atoms with Crippen LogP contribution in [-0.2, 0) is 4.79 Å². The van der Waals surface area contributed by atoms with Crippen molar-refractivity contribution in [1.29, 1.82) is 0 Å². The molecule has 2 aromatic carbocycles. The molecule has 2 aliphatic rings. The van der Waals surface area contributed by atoms with E-state index in [-0.39, 0.29) is 12.0 Å². The SMILES string of the molecule is CC1CCN(C(=O)C2CC2c2ccc3ccccc3c2)C(CN)C1. The molecule has 0 spiro atoms. The van der Waals surface area contributed by atoms with Gasteiger partial charge in [0.1, 0.15) is 0 Å². The van der Waals surface area contributed by atoms with Crippen LogP contribution in [0.1, 0.15) is 37.7 Å². The van der Waals surface area contributed by atoms with Crippen molar-refractivity contribution in [2.45, 2.75) is 38.1 Å². The quantitative estimate of drug-likeness (QED) is 0.939. The molecule has 4 atom stereocenters. The van der Waals surface area contributed by atoms with E-state index in [9.17, 15) is 4.79 Å². The number of fused-ring (bicyclic) bond motifs is 1. The summed E-state index contributed by atoms with van der Waals surface area (Å²) in [7, 11) is 0. The average Bonchev–Trinajstić information content (AvgIpc) is 3.41. The monoisotopic (exact) mass is 322 g/mol. The molecule has 3 heteroatoms. The van der Waals surface area contributed by atoms with E-state index in [4.69, 9.17) is 5.73 Å². The zero-order valence-corrected chi connectivity index (χ0v) is 14.3. The van der Waals surface area contributed by atoms with Crippen molar-refractivity contribution < 1.29 is 4.79 Å². The molecule has 126 valence electrons. The molecule has 1 heterocycles. The number of amides is 1. The molecule has 1 amide bonds. The van der Waals surface area contributed by atoms with Crippen LogP contribution in [0.4, 0.5) is 0 Å². The fraction of sp³-hybridized carbons (Fsp3) is 0.476. The number of piperidine rings is 1. The molecule has 0 aromatic heterocycles. The Balaban J connectivity index is 1.49. The van der Waals surface area contributed by atoms with E-state index in [1.54, 1.807) is 0 Å². The number of benzene rings is 2. The summed E-state index contributed by atoms with van der Waals surface area (Å²) in [6.45, 7) is 3.73. The smallest absolute Gasteiger partial charge is 0.226 e. The van der Waals surface area contributed by atoms with Crippen LogP contribution in [0.25, 0.3) is 10.8 Å². The first-order valence-corrected chi connectivity index (χ1v) is 9.16. The molecule has 2 aromatic rings. The Morgan fingerprint density at radius 3 is 2.75 bits per heavy atom. The number of hydrogen-bond acceptors (Lipinski definition) is 2. The van der Waals surface area contributed by atoms with Crippen LogP contribution in [0, 0.1) is 11.8 Å². The van der Waals surface area contributed by atoms with Crippen LogP contribution in [0.15, 0.2) is 42.5 Å². The topological polar surface area (TPSA) is 46.3 Å². The standard InChI is InChI=1S/C21H26N2O/c1-14-8-9-23(18(10-14)13-22)21(24)20-12-19(20)17-7-6-15-4-2-3-5-16(15)11-17/h2-7,11,14,18-20H,8-10,12-13,22H2,1H3. The molecule has 2 fully saturated rings. The molecule has 1 saturated carbocycles. The third kappa shape index (κ3) is 2.82. The number of carbonyl (C=O) groups is 1. The largest absolute Gasteiger partial charge is 0.338 e. The summed E-state index contributed by atoms with van der Waals surface area (Å²) in [6.07, 6.45) is 3.14. The highest BCUT2D eigenvalue weighted by atomic mass is 16.2. The number of carbonyl (C=O) groups excluding carboxylic acids is 1. The number of rotatable bonds is 3. The third-order valence-electron chi connectivity index (χ3n) is 5.84. The molecule has 0 radical (unpaired) electrons. The summed E-state index contributed by atoms with van der Waals surface area (Å²) < 4.78 is 0. The first kappa shape index (κ1) is 15.6. The summed E-state index contributed by atoms with van der Waals surface area (Å²) in [5, 5.41) is 2.53. The van der Waals surface area contributed by atoms with Crippen molar-refractivity contribution in [3.63, 3.8) is 0 Å². The number of hydrogen-bond donors (Lipinski definition) is 1. The third-order valence-corrected chi connectivity index (χ3v) is 5.84. The minimum atomic E-state index is 0.161. The normalized spacial score (nSPS) is 29.7. The first-order chi connectivity index (χ1) is 11.7. The van der Waals surface area contributed by atoms with Gasteiger partial charge in [-0.05, 0) is 47.4 Å². The van der Waals surface area contributed by atoms with Gasteiger partial charge in [-0.1, -0.05) is 49.4 Å². The van der Waals surface area contributed by atoms with Gasteiger partial charge in [-0.3, -0.25) is 4.79 Å². The maximum absolute atomic E-state index is 13.0. The van der Waals surface area contributed by atoms with Gasteiger partial charge in [0, 0.05) is 25.0 Å². The van der Waals surface area contributed by atoms with Crippen LogP contribution in [0.5, 0.6) is 0 Å². The number of nitrogens with zero attached hydrogens (tertiary/aromatic N) is 1. The summed E-state index contributed by atoms with van der Waals surface area (Å²) >= 11 is 0. The highest BCUT2D eigenvalue weighted by Gasteiger charge is 2.47. The lowest BCUT2D eigenvalue weighted by Crippen LogP contribution is -2.49. The molecule has 1 aliphatic carbocycles. The van der Waals surface area contributed by atoms with Gasteiger partial charge in [0.05, 0.1) is 0 Å². The maximum Gasteiger partial charge on any atom is 0.226 e. The van der Waals surface area contributed by atoms with Gasteiger partial charge in [-0.2, -0.15) is 0 Å². The lowest BCUT2D eigenvalue weighted by atomic mass is 9.92. The Kier molecular flexibility index (Phi) is 4.05. The molecule has 2 N–H and O–H groups in total. The van der Waals surface area contributed by atoms with E-state index in [1.807, 2.05) is 0 Å². The van der Waals surface area contributed by atoms with Crippen molar-refractivity contribution in [3.05, 3.63) is 48.0 Å². The zero-order chi connectivity index (χ0) is 16.7.